The number of rotatable bonds is 7. The van der Waals surface area contributed by atoms with Crippen molar-refractivity contribution in [2.75, 3.05) is 12.4 Å². The van der Waals surface area contributed by atoms with Gasteiger partial charge >= 0.3 is 0 Å². The van der Waals surface area contributed by atoms with Crippen molar-refractivity contribution in [3.05, 3.63) is 28.8 Å². The van der Waals surface area contributed by atoms with E-state index in [2.05, 4.69) is 5.32 Å². The van der Waals surface area contributed by atoms with Crippen molar-refractivity contribution in [2.45, 2.75) is 25.7 Å². The number of hydrogen-bond acceptors (Lipinski definition) is 2. The van der Waals surface area contributed by atoms with Crippen LogP contribution in [0.1, 0.15) is 36.0 Å². The van der Waals surface area contributed by atoms with Crippen molar-refractivity contribution in [3.63, 3.8) is 0 Å². The van der Waals surface area contributed by atoms with Crippen LogP contribution in [-0.2, 0) is 0 Å². The predicted molar refractivity (Wildman–Crippen MR) is 74.6 cm³/mol. The molecular formula is C13H17Cl2NO2. The molecular weight excluding hydrogens is 273 g/mol. The first-order valence-electron chi connectivity index (χ1n) is 5.98. The zero-order valence-electron chi connectivity index (χ0n) is 10.1. The Bertz CT molecular complexity index is 397. The molecule has 1 aromatic rings. The molecule has 0 atom stereocenters. The van der Waals surface area contributed by atoms with Crippen LogP contribution in [0.3, 0.4) is 0 Å². The molecule has 5 heteroatoms. The van der Waals surface area contributed by atoms with Crippen molar-refractivity contribution >= 4 is 29.1 Å². The van der Waals surface area contributed by atoms with E-state index in [4.69, 9.17) is 23.2 Å². The molecule has 0 radical (unpaired) electrons. The Balaban J connectivity index is 2.30. The summed E-state index contributed by atoms with van der Waals surface area (Å²) < 4.78 is 0. The summed E-state index contributed by atoms with van der Waals surface area (Å²) in [6.45, 7) is 0.639. The molecule has 0 saturated carbocycles. The molecule has 2 N–H and O–H groups in total. The number of phenolic OH excluding ortho intramolecular Hbond substituents is 1. The summed E-state index contributed by atoms with van der Waals surface area (Å²) in [7, 11) is 0. The third kappa shape index (κ3) is 5.15. The normalized spacial score (nSPS) is 10.3. The van der Waals surface area contributed by atoms with E-state index < -0.39 is 0 Å². The first-order chi connectivity index (χ1) is 8.65. The molecule has 0 fully saturated rings. The third-order valence-electron chi connectivity index (χ3n) is 2.56. The fourth-order valence-electron chi connectivity index (χ4n) is 1.53. The Morgan fingerprint density at radius 3 is 2.61 bits per heavy atom. The molecule has 0 aliphatic rings. The monoisotopic (exact) mass is 289 g/mol. The minimum atomic E-state index is -0.172. The topological polar surface area (TPSA) is 49.3 Å². The van der Waals surface area contributed by atoms with Crippen LogP contribution in [-0.4, -0.2) is 23.4 Å². The molecule has 100 valence electrons. The van der Waals surface area contributed by atoms with Crippen LogP contribution in [0, 0.1) is 0 Å². The molecule has 0 aliphatic heterocycles. The summed E-state index contributed by atoms with van der Waals surface area (Å²) in [5.41, 5.74) is 0.457. The molecule has 0 spiro atoms. The van der Waals surface area contributed by atoms with Gasteiger partial charge in [-0.15, -0.1) is 11.6 Å². The lowest BCUT2D eigenvalue weighted by molar-refractivity contribution is 0.0953. The third-order valence-corrected chi connectivity index (χ3v) is 3.13. The quantitative estimate of drug-likeness (QED) is 0.595. The number of amides is 1. The van der Waals surface area contributed by atoms with Crippen LogP contribution in [0.15, 0.2) is 18.2 Å². The number of carbonyl (C=O) groups is 1. The maximum Gasteiger partial charge on any atom is 0.251 e. The Kier molecular flexibility index (Phi) is 6.91. The molecule has 0 saturated heterocycles. The molecule has 0 unspecified atom stereocenters. The van der Waals surface area contributed by atoms with E-state index >= 15 is 0 Å². The number of hydrogen-bond donors (Lipinski definition) is 2. The van der Waals surface area contributed by atoms with Crippen molar-refractivity contribution in [2.24, 2.45) is 0 Å². The minimum absolute atomic E-state index is 0.0192. The lowest BCUT2D eigenvalue weighted by Gasteiger charge is -2.06. The largest absolute Gasteiger partial charge is 0.506 e. The van der Waals surface area contributed by atoms with Crippen LogP contribution in [0.2, 0.25) is 5.02 Å². The average molecular weight is 290 g/mol. The molecule has 1 amide bonds. The molecule has 0 aliphatic carbocycles. The molecule has 1 rings (SSSR count). The van der Waals surface area contributed by atoms with E-state index in [1.54, 1.807) is 6.07 Å². The molecule has 3 nitrogen and oxygen atoms in total. The number of carbonyl (C=O) groups excluding carboxylic acids is 1. The summed E-state index contributed by atoms with van der Waals surface area (Å²) in [4.78, 5) is 11.7. The number of benzene rings is 1. The summed E-state index contributed by atoms with van der Waals surface area (Å²) in [6.07, 6.45) is 4.10. The number of alkyl halides is 1. The highest BCUT2D eigenvalue weighted by Crippen LogP contribution is 2.23. The molecule has 0 heterocycles. The van der Waals surface area contributed by atoms with Gasteiger partial charge in [0.2, 0.25) is 0 Å². The van der Waals surface area contributed by atoms with Crippen LogP contribution in [0.25, 0.3) is 0 Å². The fourth-order valence-corrected chi connectivity index (χ4v) is 1.89. The summed E-state index contributed by atoms with van der Waals surface area (Å²) >= 11 is 11.3. The zero-order valence-corrected chi connectivity index (χ0v) is 11.6. The van der Waals surface area contributed by atoms with Gasteiger partial charge in [-0.25, -0.2) is 0 Å². The predicted octanol–water partition coefficient (Wildman–Crippen LogP) is 3.57. The van der Waals surface area contributed by atoms with Gasteiger partial charge < -0.3 is 10.4 Å². The van der Waals surface area contributed by atoms with Crippen molar-refractivity contribution in [3.8, 4) is 5.75 Å². The van der Waals surface area contributed by atoms with Gasteiger partial charge in [0, 0.05) is 18.0 Å². The maximum absolute atomic E-state index is 11.7. The number of phenols is 1. The van der Waals surface area contributed by atoms with E-state index in [9.17, 15) is 9.90 Å². The van der Waals surface area contributed by atoms with Crippen molar-refractivity contribution in [1.29, 1.82) is 0 Å². The second-order valence-corrected chi connectivity index (χ2v) is 4.81. The number of halogens is 2. The van der Waals surface area contributed by atoms with Gasteiger partial charge in [-0.05, 0) is 31.0 Å². The first-order valence-corrected chi connectivity index (χ1v) is 6.89. The molecule has 18 heavy (non-hydrogen) atoms. The van der Waals surface area contributed by atoms with Crippen LogP contribution >= 0.6 is 23.2 Å². The van der Waals surface area contributed by atoms with Crippen molar-refractivity contribution < 1.29 is 9.90 Å². The Hall–Kier alpha value is -0.930. The Morgan fingerprint density at radius 1 is 1.22 bits per heavy atom. The van der Waals surface area contributed by atoms with Crippen LogP contribution in [0.5, 0.6) is 5.75 Å². The molecule has 0 aromatic heterocycles. The van der Waals surface area contributed by atoms with E-state index in [0.717, 1.165) is 25.7 Å². The standard InChI is InChI=1S/C13H17Cl2NO2/c14-7-3-1-2-4-8-16-13(18)10-5-6-12(17)11(15)9-10/h5-6,9,17H,1-4,7-8H2,(H,16,18). The smallest absolute Gasteiger partial charge is 0.251 e. The van der Waals surface area contributed by atoms with Crippen LogP contribution in [0.4, 0.5) is 0 Å². The van der Waals surface area contributed by atoms with Crippen molar-refractivity contribution in [1.82, 2.24) is 5.32 Å². The lowest BCUT2D eigenvalue weighted by atomic mass is 10.2. The van der Waals surface area contributed by atoms with Gasteiger partial charge in [-0.2, -0.15) is 0 Å². The minimum Gasteiger partial charge on any atom is -0.506 e. The average Bonchev–Trinajstić information content (AvgIpc) is 2.36. The number of aromatic hydroxyl groups is 1. The summed E-state index contributed by atoms with van der Waals surface area (Å²) in [5, 5.41) is 12.2. The van der Waals surface area contributed by atoms with Gasteiger partial charge in [0.05, 0.1) is 5.02 Å². The molecule has 0 bridgehead atoms. The van der Waals surface area contributed by atoms with E-state index in [0.29, 0.717) is 18.0 Å². The van der Waals surface area contributed by atoms with Gasteiger partial charge in [0.1, 0.15) is 5.75 Å². The van der Waals surface area contributed by atoms with E-state index in [-0.39, 0.29) is 16.7 Å². The Morgan fingerprint density at radius 2 is 1.94 bits per heavy atom. The second-order valence-electron chi connectivity index (χ2n) is 4.03. The Labute approximate surface area is 117 Å². The SMILES string of the molecule is O=C(NCCCCCCCl)c1ccc(O)c(Cl)c1. The van der Waals surface area contributed by atoms with Gasteiger partial charge in [-0.3, -0.25) is 4.79 Å². The molecule has 1 aromatic carbocycles. The fraction of sp³-hybridized carbons (Fsp3) is 0.462. The van der Waals surface area contributed by atoms with Crippen LogP contribution < -0.4 is 5.32 Å². The lowest BCUT2D eigenvalue weighted by Crippen LogP contribution is -2.24. The zero-order chi connectivity index (χ0) is 13.4. The van der Waals surface area contributed by atoms with E-state index in [1.807, 2.05) is 0 Å². The summed E-state index contributed by atoms with van der Waals surface area (Å²) in [6, 6.07) is 4.42. The number of nitrogens with one attached hydrogen (secondary N) is 1. The van der Waals surface area contributed by atoms with Gasteiger partial charge in [0.15, 0.2) is 0 Å². The highest BCUT2D eigenvalue weighted by atomic mass is 35.5. The number of unbranched alkanes of at least 4 members (excludes halogenated alkanes) is 3. The van der Waals surface area contributed by atoms with Gasteiger partial charge in [-0.1, -0.05) is 24.4 Å². The second kappa shape index (κ2) is 8.22. The van der Waals surface area contributed by atoms with Gasteiger partial charge in [0.25, 0.3) is 5.91 Å². The summed E-state index contributed by atoms with van der Waals surface area (Å²) in [5.74, 6) is 0.502. The highest BCUT2D eigenvalue weighted by molar-refractivity contribution is 6.32. The maximum atomic E-state index is 11.7. The van der Waals surface area contributed by atoms with E-state index in [1.165, 1.54) is 12.1 Å². The highest BCUT2D eigenvalue weighted by Gasteiger charge is 2.07. The first kappa shape index (κ1) is 15.1.